The van der Waals surface area contributed by atoms with Gasteiger partial charge in [-0.25, -0.2) is 9.97 Å². The predicted octanol–water partition coefficient (Wildman–Crippen LogP) is 4.96. The zero-order valence-electron chi connectivity index (χ0n) is 14.3. The van der Waals surface area contributed by atoms with Crippen molar-refractivity contribution in [3.8, 4) is 28.3 Å². The minimum Gasteiger partial charge on any atom is -0.488 e. The Kier molecular flexibility index (Phi) is 3.79. The molecule has 0 bridgehead atoms. The van der Waals surface area contributed by atoms with Crippen molar-refractivity contribution >= 4 is 17.5 Å². The lowest BCUT2D eigenvalue weighted by atomic mass is 9.98. The normalized spacial score (nSPS) is 15.3. The Labute approximate surface area is 157 Å². The van der Waals surface area contributed by atoms with E-state index >= 15 is 0 Å². The molecule has 0 atom stereocenters. The zero-order valence-corrected chi connectivity index (χ0v) is 15.0. The monoisotopic (exact) mass is 363 g/mol. The van der Waals surface area contributed by atoms with Gasteiger partial charge in [-0.15, -0.1) is 0 Å². The summed E-state index contributed by atoms with van der Waals surface area (Å²) in [6.07, 6.45) is 2.37. The summed E-state index contributed by atoms with van der Waals surface area (Å²) in [7, 11) is 0. The molecule has 3 aromatic rings. The number of hydrogen-bond acceptors (Lipinski definition) is 4. The first kappa shape index (κ1) is 15.6. The van der Waals surface area contributed by atoms with Crippen molar-refractivity contribution in [3.63, 3.8) is 0 Å². The van der Waals surface area contributed by atoms with Gasteiger partial charge in [-0.05, 0) is 37.1 Å². The quantitative estimate of drug-likeness (QED) is 0.645. The third kappa shape index (κ3) is 2.61. The largest absolute Gasteiger partial charge is 0.488 e. The second kappa shape index (κ2) is 6.29. The van der Waals surface area contributed by atoms with Gasteiger partial charge in [0, 0.05) is 34.8 Å². The molecule has 0 saturated carbocycles. The molecule has 0 radical (unpaired) electrons. The van der Waals surface area contributed by atoms with Crippen molar-refractivity contribution in [2.45, 2.75) is 19.4 Å². The van der Waals surface area contributed by atoms with E-state index in [1.54, 1.807) is 0 Å². The molecule has 130 valence electrons. The number of anilines is 1. The summed E-state index contributed by atoms with van der Waals surface area (Å²) in [5.74, 6) is 1.68. The standard InChI is InChI=1S/C21H18ClN3O/c22-15-7-5-6-14(12-15)19-17-13-26-18-9-2-1-8-16(18)20(17)24-21(23-19)25-10-3-4-11-25/h1-2,5-9,12H,3-4,10-11,13H2. The van der Waals surface area contributed by atoms with Gasteiger partial charge >= 0.3 is 0 Å². The molecule has 3 heterocycles. The van der Waals surface area contributed by atoms with Crippen LogP contribution in [0.1, 0.15) is 18.4 Å². The molecule has 2 aliphatic heterocycles. The van der Waals surface area contributed by atoms with Gasteiger partial charge < -0.3 is 9.64 Å². The second-order valence-corrected chi connectivity index (χ2v) is 7.13. The van der Waals surface area contributed by atoms with Crippen LogP contribution >= 0.6 is 11.6 Å². The number of aromatic nitrogens is 2. The molecule has 4 nitrogen and oxygen atoms in total. The Hall–Kier alpha value is -2.59. The van der Waals surface area contributed by atoms with E-state index in [9.17, 15) is 0 Å². The first-order chi connectivity index (χ1) is 12.8. The Bertz CT molecular complexity index is 983. The van der Waals surface area contributed by atoms with Crippen LogP contribution in [-0.4, -0.2) is 23.1 Å². The summed E-state index contributed by atoms with van der Waals surface area (Å²) < 4.78 is 5.98. The molecule has 0 spiro atoms. The minimum absolute atomic E-state index is 0.467. The van der Waals surface area contributed by atoms with Gasteiger partial charge in [0.2, 0.25) is 5.95 Å². The maximum absolute atomic E-state index is 6.24. The summed E-state index contributed by atoms with van der Waals surface area (Å²) in [5.41, 5.74) is 4.93. The van der Waals surface area contributed by atoms with Crippen molar-refractivity contribution in [2.75, 3.05) is 18.0 Å². The number of ether oxygens (including phenoxy) is 1. The van der Waals surface area contributed by atoms with Crippen LogP contribution in [0.4, 0.5) is 5.95 Å². The van der Waals surface area contributed by atoms with Crippen LogP contribution in [0.2, 0.25) is 5.02 Å². The molecule has 2 aliphatic rings. The number of para-hydroxylation sites is 1. The van der Waals surface area contributed by atoms with E-state index < -0.39 is 0 Å². The van der Waals surface area contributed by atoms with E-state index in [1.165, 1.54) is 12.8 Å². The smallest absolute Gasteiger partial charge is 0.226 e. The summed E-state index contributed by atoms with van der Waals surface area (Å²) in [4.78, 5) is 12.1. The van der Waals surface area contributed by atoms with E-state index in [0.29, 0.717) is 11.6 Å². The van der Waals surface area contributed by atoms with Gasteiger partial charge in [0.05, 0.1) is 11.4 Å². The predicted molar refractivity (Wildman–Crippen MR) is 104 cm³/mol. The first-order valence-electron chi connectivity index (χ1n) is 8.93. The maximum atomic E-state index is 6.24. The van der Waals surface area contributed by atoms with E-state index in [4.69, 9.17) is 26.3 Å². The second-order valence-electron chi connectivity index (χ2n) is 6.69. The molecule has 5 rings (SSSR count). The fraction of sp³-hybridized carbons (Fsp3) is 0.238. The van der Waals surface area contributed by atoms with Gasteiger partial charge in [0.1, 0.15) is 12.4 Å². The number of halogens is 1. The zero-order chi connectivity index (χ0) is 17.5. The summed E-state index contributed by atoms with van der Waals surface area (Å²) in [6, 6.07) is 15.9. The molecule has 26 heavy (non-hydrogen) atoms. The highest BCUT2D eigenvalue weighted by atomic mass is 35.5. The van der Waals surface area contributed by atoms with Crippen molar-refractivity contribution in [1.29, 1.82) is 0 Å². The van der Waals surface area contributed by atoms with E-state index in [-0.39, 0.29) is 0 Å². The molecule has 5 heteroatoms. The van der Waals surface area contributed by atoms with Gasteiger partial charge in [0.25, 0.3) is 0 Å². The van der Waals surface area contributed by atoms with Crippen LogP contribution in [0, 0.1) is 0 Å². The van der Waals surface area contributed by atoms with Gasteiger partial charge in [-0.3, -0.25) is 0 Å². The number of rotatable bonds is 2. The Morgan fingerprint density at radius 1 is 0.923 bits per heavy atom. The molecular formula is C21H18ClN3O. The van der Waals surface area contributed by atoms with Crippen LogP contribution in [0.3, 0.4) is 0 Å². The molecule has 0 N–H and O–H groups in total. The molecule has 1 saturated heterocycles. The fourth-order valence-electron chi connectivity index (χ4n) is 3.70. The van der Waals surface area contributed by atoms with Gasteiger partial charge in [-0.2, -0.15) is 0 Å². The number of fused-ring (bicyclic) bond motifs is 3. The minimum atomic E-state index is 0.467. The molecule has 0 aliphatic carbocycles. The van der Waals surface area contributed by atoms with Crippen LogP contribution in [0.15, 0.2) is 48.5 Å². The fourth-order valence-corrected chi connectivity index (χ4v) is 3.89. The average molecular weight is 364 g/mol. The van der Waals surface area contributed by atoms with Crippen molar-refractivity contribution in [3.05, 3.63) is 59.1 Å². The average Bonchev–Trinajstić information content (AvgIpc) is 3.22. The summed E-state index contributed by atoms with van der Waals surface area (Å²) in [5, 5.41) is 0.703. The van der Waals surface area contributed by atoms with Crippen molar-refractivity contribution in [2.24, 2.45) is 0 Å². The summed E-state index contributed by atoms with van der Waals surface area (Å²) in [6.45, 7) is 2.48. The molecule has 2 aromatic carbocycles. The molecule has 0 amide bonds. The van der Waals surface area contributed by atoms with E-state index in [2.05, 4.69) is 11.0 Å². The third-order valence-corrected chi connectivity index (χ3v) is 5.23. The molecule has 1 fully saturated rings. The highest BCUT2D eigenvalue weighted by molar-refractivity contribution is 6.30. The van der Waals surface area contributed by atoms with Gasteiger partial charge in [-0.1, -0.05) is 35.9 Å². The molecule has 0 unspecified atom stereocenters. The maximum Gasteiger partial charge on any atom is 0.226 e. The van der Waals surface area contributed by atoms with Crippen LogP contribution in [0.25, 0.3) is 22.5 Å². The SMILES string of the molecule is Clc1cccc(-c2nc(N3CCCC3)nc3c2COc2ccccc2-3)c1. The Morgan fingerprint density at radius 3 is 2.58 bits per heavy atom. The lowest BCUT2D eigenvalue weighted by Gasteiger charge is -2.25. The van der Waals surface area contributed by atoms with Crippen LogP contribution in [0.5, 0.6) is 5.75 Å². The Balaban J connectivity index is 1.75. The Morgan fingerprint density at radius 2 is 1.73 bits per heavy atom. The lowest BCUT2D eigenvalue weighted by molar-refractivity contribution is 0.301. The topological polar surface area (TPSA) is 38.2 Å². The summed E-state index contributed by atoms with van der Waals surface area (Å²) >= 11 is 6.24. The van der Waals surface area contributed by atoms with Crippen molar-refractivity contribution < 1.29 is 4.74 Å². The first-order valence-corrected chi connectivity index (χ1v) is 9.31. The van der Waals surface area contributed by atoms with Crippen molar-refractivity contribution in [1.82, 2.24) is 9.97 Å². The van der Waals surface area contributed by atoms with E-state index in [0.717, 1.165) is 52.9 Å². The van der Waals surface area contributed by atoms with Crippen LogP contribution in [-0.2, 0) is 6.61 Å². The third-order valence-electron chi connectivity index (χ3n) is 5.00. The number of hydrogen-bond donors (Lipinski definition) is 0. The molecular weight excluding hydrogens is 346 g/mol. The van der Waals surface area contributed by atoms with E-state index in [1.807, 2.05) is 42.5 Å². The highest BCUT2D eigenvalue weighted by Crippen LogP contribution is 2.41. The van der Waals surface area contributed by atoms with Crippen LogP contribution < -0.4 is 9.64 Å². The lowest BCUT2D eigenvalue weighted by Crippen LogP contribution is -2.22. The molecule has 1 aromatic heterocycles. The number of nitrogens with zero attached hydrogens (tertiary/aromatic N) is 3. The number of benzene rings is 2. The highest BCUT2D eigenvalue weighted by Gasteiger charge is 2.26. The van der Waals surface area contributed by atoms with Gasteiger partial charge in [0.15, 0.2) is 0 Å².